The Morgan fingerprint density at radius 2 is 1.31 bits per heavy atom. The lowest BCUT2D eigenvalue weighted by Gasteiger charge is -2.35. The molecular formula is C15H27N. The van der Waals surface area contributed by atoms with Gasteiger partial charge in [0.2, 0.25) is 0 Å². The lowest BCUT2D eigenvalue weighted by molar-refractivity contribution is 0.213. The van der Waals surface area contributed by atoms with Gasteiger partial charge in [0.15, 0.2) is 0 Å². The molecule has 1 N–H and O–H groups in total. The molecule has 0 heterocycles. The van der Waals surface area contributed by atoms with Gasteiger partial charge in [-0.05, 0) is 68.6 Å². The number of nitrogens with one attached hydrogen (secondary N) is 1. The molecule has 3 aliphatic carbocycles. The molecule has 2 unspecified atom stereocenters. The number of rotatable bonds is 4. The fourth-order valence-electron chi connectivity index (χ4n) is 3.92. The maximum atomic E-state index is 4.04. The summed E-state index contributed by atoms with van der Waals surface area (Å²) in [6.07, 6.45) is 10.3. The first-order chi connectivity index (χ1) is 7.72. The van der Waals surface area contributed by atoms with Crippen molar-refractivity contribution in [2.45, 2.75) is 70.9 Å². The van der Waals surface area contributed by atoms with Gasteiger partial charge in [-0.3, -0.25) is 0 Å². The molecule has 92 valence electrons. The lowest BCUT2D eigenvalue weighted by atomic mass is 9.80. The molecule has 1 nitrogen and oxygen atoms in total. The SMILES string of the molecule is CC1CC(C)CC(NC(C2CC2)C2CC2)C1. The van der Waals surface area contributed by atoms with Gasteiger partial charge < -0.3 is 5.32 Å². The van der Waals surface area contributed by atoms with Crippen molar-refractivity contribution in [2.75, 3.05) is 0 Å². The van der Waals surface area contributed by atoms with Gasteiger partial charge >= 0.3 is 0 Å². The van der Waals surface area contributed by atoms with Crippen LogP contribution in [0.4, 0.5) is 0 Å². The van der Waals surface area contributed by atoms with Gasteiger partial charge in [0.25, 0.3) is 0 Å². The van der Waals surface area contributed by atoms with Crippen LogP contribution in [0.5, 0.6) is 0 Å². The van der Waals surface area contributed by atoms with E-state index in [9.17, 15) is 0 Å². The van der Waals surface area contributed by atoms with Crippen molar-refractivity contribution in [1.29, 1.82) is 0 Å². The second kappa shape index (κ2) is 4.33. The quantitative estimate of drug-likeness (QED) is 0.765. The highest BCUT2D eigenvalue weighted by Crippen LogP contribution is 2.45. The van der Waals surface area contributed by atoms with Crippen molar-refractivity contribution in [2.24, 2.45) is 23.7 Å². The molecule has 0 aromatic carbocycles. The van der Waals surface area contributed by atoms with Gasteiger partial charge in [0, 0.05) is 12.1 Å². The molecule has 3 fully saturated rings. The minimum atomic E-state index is 0.838. The first-order valence-electron chi connectivity index (χ1n) is 7.48. The van der Waals surface area contributed by atoms with E-state index >= 15 is 0 Å². The Labute approximate surface area is 100 Å². The van der Waals surface area contributed by atoms with Crippen LogP contribution in [-0.4, -0.2) is 12.1 Å². The molecule has 0 spiro atoms. The van der Waals surface area contributed by atoms with Gasteiger partial charge in [-0.2, -0.15) is 0 Å². The molecule has 3 saturated carbocycles. The minimum absolute atomic E-state index is 0.838. The highest BCUT2D eigenvalue weighted by molar-refractivity contribution is 4.98. The van der Waals surface area contributed by atoms with E-state index in [0.717, 1.165) is 35.8 Å². The second-order valence-corrected chi connectivity index (χ2v) is 6.98. The van der Waals surface area contributed by atoms with Crippen molar-refractivity contribution in [1.82, 2.24) is 5.32 Å². The largest absolute Gasteiger partial charge is 0.311 e. The van der Waals surface area contributed by atoms with E-state index in [0.29, 0.717) is 0 Å². The molecule has 0 saturated heterocycles. The zero-order valence-corrected chi connectivity index (χ0v) is 10.9. The molecule has 3 rings (SSSR count). The third-order valence-electron chi connectivity index (χ3n) is 4.87. The van der Waals surface area contributed by atoms with Gasteiger partial charge in [-0.15, -0.1) is 0 Å². The first kappa shape index (κ1) is 11.1. The average Bonchev–Trinajstić information content (AvgIpc) is 3.07. The summed E-state index contributed by atoms with van der Waals surface area (Å²) in [6.45, 7) is 4.88. The summed E-state index contributed by atoms with van der Waals surface area (Å²) >= 11 is 0. The van der Waals surface area contributed by atoms with Gasteiger partial charge in [0.1, 0.15) is 0 Å². The molecule has 2 atom stereocenters. The molecule has 0 aromatic heterocycles. The predicted molar refractivity (Wildman–Crippen MR) is 68.3 cm³/mol. The summed E-state index contributed by atoms with van der Waals surface area (Å²) in [5.41, 5.74) is 0. The number of hydrogen-bond donors (Lipinski definition) is 1. The molecule has 3 aliphatic rings. The van der Waals surface area contributed by atoms with Crippen molar-refractivity contribution < 1.29 is 0 Å². The van der Waals surface area contributed by atoms with Crippen molar-refractivity contribution in [3.8, 4) is 0 Å². The Kier molecular flexibility index (Phi) is 2.99. The molecule has 16 heavy (non-hydrogen) atoms. The van der Waals surface area contributed by atoms with Crippen molar-refractivity contribution in [3.63, 3.8) is 0 Å². The van der Waals surface area contributed by atoms with Crippen LogP contribution in [0, 0.1) is 23.7 Å². The van der Waals surface area contributed by atoms with E-state index in [2.05, 4.69) is 19.2 Å². The Hall–Kier alpha value is -0.0400. The number of hydrogen-bond acceptors (Lipinski definition) is 1. The highest BCUT2D eigenvalue weighted by atomic mass is 15.0. The topological polar surface area (TPSA) is 12.0 Å². The normalized spacial score (nSPS) is 40.3. The fraction of sp³-hybridized carbons (Fsp3) is 1.00. The van der Waals surface area contributed by atoms with Crippen molar-refractivity contribution >= 4 is 0 Å². The smallest absolute Gasteiger partial charge is 0.0126 e. The van der Waals surface area contributed by atoms with Crippen LogP contribution in [0.2, 0.25) is 0 Å². The summed E-state index contributed by atoms with van der Waals surface area (Å²) in [5.74, 6) is 4.00. The third kappa shape index (κ3) is 2.61. The monoisotopic (exact) mass is 221 g/mol. The predicted octanol–water partition coefficient (Wildman–Crippen LogP) is 3.59. The Morgan fingerprint density at radius 1 is 0.812 bits per heavy atom. The molecule has 0 aliphatic heterocycles. The maximum absolute atomic E-state index is 4.04. The van der Waals surface area contributed by atoms with Crippen LogP contribution in [0.1, 0.15) is 58.8 Å². The standard InChI is InChI=1S/C15H27N/c1-10-7-11(2)9-14(8-10)16-15(12-3-4-12)13-5-6-13/h10-16H,3-9H2,1-2H3. The molecule has 1 heteroatoms. The lowest BCUT2D eigenvalue weighted by Crippen LogP contribution is -2.44. The summed E-state index contributed by atoms with van der Waals surface area (Å²) in [4.78, 5) is 0. The van der Waals surface area contributed by atoms with E-state index in [4.69, 9.17) is 0 Å². The van der Waals surface area contributed by atoms with Crippen LogP contribution >= 0.6 is 0 Å². The first-order valence-corrected chi connectivity index (χ1v) is 7.48. The Morgan fingerprint density at radius 3 is 1.75 bits per heavy atom. The van der Waals surface area contributed by atoms with Crippen LogP contribution in [0.25, 0.3) is 0 Å². The van der Waals surface area contributed by atoms with E-state index in [1.165, 1.54) is 44.9 Å². The minimum Gasteiger partial charge on any atom is -0.311 e. The Balaban J connectivity index is 1.55. The maximum Gasteiger partial charge on any atom is 0.0126 e. The summed E-state index contributed by atoms with van der Waals surface area (Å²) in [7, 11) is 0. The summed E-state index contributed by atoms with van der Waals surface area (Å²) in [5, 5.41) is 4.04. The van der Waals surface area contributed by atoms with Crippen LogP contribution in [0.3, 0.4) is 0 Å². The van der Waals surface area contributed by atoms with E-state index < -0.39 is 0 Å². The summed E-state index contributed by atoms with van der Waals surface area (Å²) in [6, 6.07) is 1.74. The van der Waals surface area contributed by atoms with Gasteiger partial charge in [-0.1, -0.05) is 13.8 Å². The van der Waals surface area contributed by atoms with Crippen LogP contribution < -0.4 is 5.32 Å². The zero-order valence-electron chi connectivity index (χ0n) is 10.9. The van der Waals surface area contributed by atoms with Crippen LogP contribution in [0.15, 0.2) is 0 Å². The second-order valence-electron chi connectivity index (χ2n) is 6.98. The van der Waals surface area contributed by atoms with E-state index in [1.54, 1.807) is 0 Å². The average molecular weight is 221 g/mol. The van der Waals surface area contributed by atoms with Crippen LogP contribution in [-0.2, 0) is 0 Å². The molecular weight excluding hydrogens is 194 g/mol. The fourth-order valence-corrected chi connectivity index (χ4v) is 3.92. The van der Waals surface area contributed by atoms with E-state index in [1.807, 2.05) is 0 Å². The van der Waals surface area contributed by atoms with Gasteiger partial charge in [0.05, 0.1) is 0 Å². The summed E-state index contributed by atoms with van der Waals surface area (Å²) < 4.78 is 0. The third-order valence-corrected chi connectivity index (χ3v) is 4.87. The Bertz CT molecular complexity index is 220. The molecule has 0 bridgehead atoms. The molecule has 0 radical (unpaired) electrons. The molecule has 0 amide bonds. The van der Waals surface area contributed by atoms with Crippen molar-refractivity contribution in [3.05, 3.63) is 0 Å². The zero-order chi connectivity index (χ0) is 11.1. The highest BCUT2D eigenvalue weighted by Gasteiger charge is 2.42. The molecule has 0 aromatic rings. The van der Waals surface area contributed by atoms with E-state index in [-0.39, 0.29) is 0 Å². The van der Waals surface area contributed by atoms with Gasteiger partial charge in [-0.25, -0.2) is 0 Å².